The van der Waals surface area contributed by atoms with Crippen molar-refractivity contribution in [2.45, 2.75) is 17.6 Å². The Kier molecular flexibility index (Phi) is 5.97. The van der Waals surface area contributed by atoms with Gasteiger partial charge in [-0.05, 0) is 57.6 Å². The largest absolute Gasteiger partial charge is 0.491 e. The average Bonchev–Trinajstić information content (AvgIpc) is 3.73. The molecule has 1 aliphatic carbocycles. The molecule has 2 atom stereocenters. The molecule has 36 heavy (non-hydrogen) atoms. The van der Waals surface area contributed by atoms with Crippen molar-refractivity contribution >= 4 is 0 Å². The summed E-state index contributed by atoms with van der Waals surface area (Å²) in [7, 11) is 0. The van der Waals surface area contributed by atoms with Crippen LogP contribution >= 0.6 is 0 Å². The van der Waals surface area contributed by atoms with Crippen molar-refractivity contribution in [3.63, 3.8) is 0 Å². The van der Waals surface area contributed by atoms with Gasteiger partial charge >= 0.3 is 0 Å². The lowest BCUT2D eigenvalue weighted by Crippen LogP contribution is -2.28. The van der Waals surface area contributed by atoms with Crippen LogP contribution in [0.1, 0.15) is 22.3 Å². The first-order chi connectivity index (χ1) is 17.7. The lowest BCUT2D eigenvalue weighted by molar-refractivity contribution is 0.0536. The van der Waals surface area contributed by atoms with E-state index in [1.165, 1.54) is 22.3 Å². The predicted octanol–water partition coefficient (Wildman–Crippen LogP) is 4.56. The van der Waals surface area contributed by atoms with Gasteiger partial charge in [0.05, 0.1) is 18.6 Å². The second-order valence-electron chi connectivity index (χ2n) is 9.30. The van der Waals surface area contributed by atoms with Crippen LogP contribution in [0.15, 0.2) is 97.1 Å². The maximum absolute atomic E-state index is 9.66. The first-order valence-corrected chi connectivity index (χ1v) is 12.3. The highest BCUT2D eigenvalue weighted by Crippen LogP contribution is 2.56. The Morgan fingerprint density at radius 3 is 1.75 bits per heavy atom. The molecule has 5 nitrogen and oxygen atoms in total. The van der Waals surface area contributed by atoms with Crippen LogP contribution in [-0.2, 0) is 10.2 Å². The second-order valence-corrected chi connectivity index (χ2v) is 9.30. The third-order valence-corrected chi connectivity index (χ3v) is 7.02. The highest BCUT2D eigenvalue weighted by molar-refractivity contribution is 5.86. The van der Waals surface area contributed by atoms with Crippen LogP contribution in [0.25, 0.3) is 11.1 Å². The Morgan fingerprint density at radius 2 is 1.25 bits per heavy atom. The van der Waals surface area contributed by atoms with Crippen molar-refractivity contribution in [1.82, 2.24) is 0 Å². The van der Waals surface area contributed by atoms with E-state index in [2.05, 4.69) is 72.8 Å². The van der Waals surface area contributed by atoms with E-state index < -0.39 is 11.5 Å². The summed E-state index contributed by atoms with van der Waals surface area (Å²) in [5.41, 5.74) is 6.69. The topological polar surface area (TPSA) is 71.5 Å². The maximum atomic E-state index is 9.66. The summed E-state index contributed by atoms with van der Waals surface area (Å²) in [5, 5.41) is 18.7. The number of rotatable bonds is 9. The number of benzene rings is 4. The standard InChI is InChI=1S/C31H28O5/c32-17-23(33)18-34-24-13-9-21(10-14-24)31(22-11-15-25(16-12-22)35-19-26-20-36-26)29-7-3-1-5-27(29)28-6-2-4-8-30(28)31/h1-16,23,26,32-33H,17-20H2. The van der Waals surface area contributed by atoms with Gasteiger partial charge in [0.1, 0.15) is 36.9 Å². The molecule has 1 aliphatic heterocycles. The molecule has 4 aromatic rings. The molecule has 182 valence electrons. The number of fused-ring (bicyclic) bond motifs is 3. The minimum Gasteiger partial charge on any atom is -0.491 e. The summed E-state index contributed by atoms with van der Waals surface area (Å²) >= 11 is 0. The van der Waals surface area contributed by atoms with Gasteiger partial charge in [-0.3, -0.25) is 0 Å². The van der Waals surface area contributed by atoms with Gasteiger partial charge in [0.2, 0.25) is 0 Å². The molecule has 2 unspecified atom stereocenters. The van der Waals surface area contributed by atoms with Crippen LogP contribution in [0.2, 0.25) is 0 Å². The molecule has 1 heterocycles. The maximum Gasteiger partial charge on any atom is 0.119 e. The van der Waals surface area contributed by atoms with Gasteiger partial charge in [-0.25, -0.2) is 0 Å². The van der Waals surface area contributed by atoms with E-state index in [9.17, 15) is 5.11 Å². The molecule has 5 heteroatoms. The monoisotopic (exact) mass is 480 g/mol. The predicted molar refractivity (Wildman–Crippen MR) is 138 cm³/mol. The Bertz CT molecular complexity index is 1300. The smallest absolute Gasteiger partial charge is 0.119 e. The molecule has 0 saturated carbocycles. The van der Waals surface area contributed by atoms with Crippen molar-refractivity contribution in [3.05, 3.63) is 119 Å². The lowest BCUT2D eigenvalue weighted by atomic mass is 9.68. The van der Waals surface area contributed by atoms with E-state index in [1.807, 2.05) is 24.3 Å². The third kappa shape index (κ3) is 3.95. The van der Waals surface area contributed by atoms with Crippen LogP contribution in [0.3, 0.4) is 0 Å². The summed E-state index contributed by atoms with van der Waals surface area (Å²) in [6.45, 7) is 1.05. The molecule has 2 N–H and O–H groups in total. The zero-order valence-corrected chi connectivity index (χ0v) is 19.8. The zero-order chi connectivity index (χ0) is 24.5. The van der Waals surface area contributed by atoms with E-state index in [0.717, 1.165) is 23.5 Å². The molecule has 6 rings (SSSR count). The van der Waals surface area contributed by atoms with Crippen molar-refractivity contribution in [3.8, 4) is 22.6 Å². The Labute approximate surface area is 210 Å². The van der Waals surface area contributed by atoms with Gasteiger partial charge in [-0.2, -0.15) is 0 Å². The molecular formula is C31H28O5. The summed E-state index contributed by atoms with van der Waals surface area (Å²) in [6, 6.07) is 33.6. The highest BCUT2D eigenvalue weighted by Gasteiger charge is 2.45. The summed E-state index contributed by atoms with van der Waals surface area (Å²) < 4.78 is 16.9. The third-order valence-electron chi connectivity index (χ3n) is 7.02. The van der Waals surface area contributed by atoms with E-state index in [1.54, 1.807) is 0 Å². The van der Waals surface area contributed by atoms with Gasteiger partial charge in [-0.1, -0.05) is 72.8 Å². The number of aliphatic hydroxyl groups excluding tert-OH is 2. The van der Waals surface area contributed by atoms with Crippen LogP contribution in [0.5, 0.6) is 11.5 Å². The normalized spacial score (nSPS) is 17.7. The fourth-order valence-corrected chi connectivity index (χ4v) is 5.22. The molecule has 1 saturated heterocycles. The minimum atomic E-state index is -0.906. The molecule has 1 fully saturated rings. The second kappa shape index (κ2) is 9.43. The van der Waals surface area contributed by atoms with E-state index in [4.69, 9.17) is 19.3 Å². The highest BCUT2D eigenvalue weighted by atomic mass is 16.6. The number of hydrogen-bond acceptors (Lipinski definition) is 5. The fourth-order valence-electron chi connectivity index (χ4n) is 5.22. The molecular weight excluding hydrogens is 452 g/mol. The molecule has 2 aliphatic rings. The van der Waals surface area contributed by atoms with Crippen LogP contribution in [-0.4, -0.2) is 48.8 Å². The Morgan fingerprint density at radius 1 is 0.750 bits per heavy atom. The first-order valence-electron chi connectivity index (χ1n) is 12.3. The first kappa shape index (κ1) is 22.8. The average molecular weight is 481 g/mol. The zero-order valence-electron chi connectivity index (χ0n) is 19.8. The Hall–Kier alpha value is -3.64. The lowest BCUT2D eigenvalue weighted by Gasteiger charge is -2.34. The van der Waals surface area contributed by atoms with Gasteiger partial charge in [0.15, 0.2) is 0 Å². The van der Waals surface area contributed by atoms with E-state index in [0.29, 0.717) is 12.4 Å². The minimum absolute atomic E-state index is 0.0417. The number of ether oxygens (including phenoxy) is 3. The van der Waals surface area contributed by atoms with Gasteiger partial charge in [-0.15, -0.1) is 0 Å². The summed E-state index contributed by atoms with van der Waals surface area (Å²) in [4.78, 5) is 0. The summed E-state index contributed by atoms with van der Waals surface area (Å²) in [5.74, 6) is 1.47. The van der Waals surface area contributed by atoms with Crippen LogP contribution in [0, 0.1) is 0 Å². The molecule has 0 spiro atoms. The number of hydrogen-bond donors (Lipinski definition) is 2. The quantitative estimate of drug-likeness (QED) is 0.303. The van der Waals surface area contributed by atoms with Gasteiger partial charge < -0.3 is 24.4 Å². The van der Waals surface area contributed by atoms with Crippen molar-refractivity contribution in [1.29, 1.82) is 0 Å². The number of aliphatic hydroxyl groups is 2. The van der Waals surface area contributed by atoms with E-state index in [-0.39, 0.29) is 19.3 Å². The van der Waals surface area contributed by atoms with Crippen molar-refractivity contribution in [2.75, 3.05) is 26.4 Å². The van der Waals surface area contributed by atoms with E-state index >= 15 is 0 Å². The van der Waals surface area contributed by atoms with Crippen molar-refractivity contribution < 1.29 is 24.4 Å². The van der Waals surface area contributed by atoms with Crippen molar-refractivity contribution in [2.24, 2.45) is 0 Å². The van der Waals surface area contributed by atoms with Gasteiger partial charge in [0.25, 0.3) is 0 Å². The number of epoxide rings is 1. The Balaban J connectivity index is 1.46. The summed E-state index contributed by atoms with van der Waals surface area (Å²) in [6.07, 6.45) is -0.694. The molecule has 0 amide bonds. The molecule has 0 radical (unpaired) electrons. The SMILES string of the molecule is OCC(O)COc1ccc(C2(c3ccc(OCC4CO4)cc3)c3ccccc3-c3ccccc32)cc1. The van der Waals surface area contributed by atoms with Gasteiger partial charge in [0, 0.05) is 0 Å². The van der Waals surface area contributed by atoms with Crippen LogP contribution < -0.4 is 9.47 Å². The molecule has 4 aromatic carbocycles. The molecule has 0 bridgehead atoms. The fraction of sp³-hybridized carbons (Fsp3) is 0.226. The van der Waals surface area contributed by atoms with Crippen LogP contribution in [0.4, 0.5) is 0 Å². The molecule has 0 aromatic heterocycles.